The highest BCUT2D eigenvalue weighted by Gasteiger charge is 2.13. The van der Waals surface area contributed by atoms with Crippen LogP contribution in [0.5, 0.6) is 0 Å². The zero-order valence-electron chi connectivity index (χ0n) is 14.3. The Bertz CT molecular complexity index is 749. The highest BCUT2D eigenvalue weighted by Crippen LogP contribution is 2.28. The van der Waals surface area contributed by atoms with E-state index in [0.717, 1.165) is 26.3 Å². The normalized spacial score (nSPS) is 16.2. The lowest BCUT2D eigenvalue weighted by Crippen LogP contribution is -3.13. The van der Waals surface area contributed by atoms with E-state index in [4.69, 9.17) is 4.74 Å². The molecule has 1 saturated heterocycles. The number of aromatic nitrogens is 1. The topological polar surface area (TPSA) is 18.6 Å². The zero-order chi connectivity index (χ0) is 16.2. The van der Waals surface area contributed by atoms with Crippen LogP contribution in [-0.4, -0.2) is 37.4 Å². The smallest absolute Gasteiger partial charge is 0.101 e. The van der Waals surface area contributed by atoms with Crippen molar-refractivity contribution in [2.75, 3.05) is 32.8 Å². The summed E-state index contributed by atoms with van der Waals surface area (Å²) in [5.41, 5.74) is 2.62. The summed E-state index contributed by atoms with van der Waals surface area (Å²) in [5, 5.41) is 2.68. The molecule has 0 atom stereocenters. The number of piperidine rings is 1. The minimum atomic E-state index is 0.788. The predicted octanol–water partition coefficient (Wildman–Crippen LogP) is 2.88. The lowest BCUT2D eigenvalue weighted by Gasteiger charge is -2.23. The Morgan fingerprint density at radius 1 is 0.792 bits per heavy atom. The summed E-state index contributed by atoms with van der Waals surface area (Å²) in [6.07, 6.45) is 4.19. The summed E-state index contributed by atoms with van der Waals surface area (Å²) in [4.78, 5) is 1.72. The van der Waals surface area contributed by atoms with Crippen LogP contribution in [-0.2, 0) is 11.3 Å². The van der Waals surface area contributed by atoms with Crippen LogP contribution in [0.25, 0.3) is 21.8 Å². The van der Waals surface area contributed by atoms with Crippen molar-refractivity contribution in [1.82, 2.24) is 4.57 Å². The van der Waals surface area contributed by atoms with Gasteiger partial charge in [0, 0.05) is 28.4 Å². The average Bonchev–Trinajstić information content (AvgIpc) is 2.97. The first kappa shape index (κ1) is 15.7. The maximum atomic E-state index is 5.97. The van der Waals surface area contributed by atoms with Gasteiger partial charge in [0.1, 0.15) is 6.54 Å². The molecule has 3 heteroatoms. The van der Waals surface area contributed by atoms with Gasteiger partial charge in [0.2, 0.25) is 0 Å². The zero-order valence-corrected chi connectivity index (χ0v) is 14.3. The number of likely N-dealkylation sites (tertiary alicyclic amines) is 1. The van der Waals surface area contributed by atoms with E-state index < -0.39 is 0 Å². The molecular formula is C21H27N2O+. The van der Waals surface area contributed by atoms with Crippen LogP contribution in [0.15, 0.2) is 48.5 Å². The molecule has 1 N–H and O–H groups in total. The van der Waals surface area contributed by atoms with Crippen LogP contribution in [0.2, 0.25) is 0 Å². The minimum Gasteiger partial charge on any atom is -0.374 e. The van der Waals surface area contributed by atoms with Gasteiger partial charge in [0.05, 0.1) is 26.3 Å². The van der Waals surface area contributed by atoms with Gasteiger partial charge in [-0.15, -0.1) is 0 Å². The number of rotatable bonds is 6. The number of nitrogens with one attached hydrogen (secondary N) is 1. The van der Waals surface area contributed by atoms with E-state index in [2.05, 4.69) is 53.1 Å². The number of benzene rings is 2. The molecule has 0 bridgehead atoms. The van der Waals surface area contributed by atoms with Crippen molar-refractivity contribution in [2.24, 2.45) is 0 Å². The van der Waals surface area contributed by atoms with E-state index in [-0.39, 0.29) is 0 Å². The second kappa shape index (κ2) is 7.37. The third-order valence-corrected chi connectivity index (χ3v) is 5.30. The molecule has 0 amide bonds. The first-order chi connectivity index (χ1) is 11.9. The standard InChI is InChI=1S/C21H26N2O/c1-6-12-22(13-7-1)14-16-24-17-15-23-20-10-4-2-8-18(20)19-9-3-5-11-21(19)23/h2-5,8-11H,1,6-7,12-17H2/p+1. The van der Waals surface area contributed by atoms with Crippen LogP contribution in [0, 0.1) is 0 Å². The monoisotopic (exact) mass is 323 g/mol. The Morgan fingerprint density at radius 3 is 2.08 bits per heavy atom. The summed E-state index contributed by atoms with van der Waals surface area (Å²) in [6.45, 7) is 6.41. The van der Waals surface area contributed by atoms with Crippen molar-refractivity contribution >= 4 is 21.8 Å². The number of hydrogen-bond acceptors (Lipinski definition) is 1. The lowest BCUT2D eigenvalue weighted by atomic mass is 10.1. The van der Waals surface area contributed by atoms with Gasteiger partial charge in [-0.05, 0) is 31.4 Å². The van der Waals surface area contributed by atoms with E-state index >= 15 is 0 Å². The molecule has 3 nitrogen and oxygen atoms in total. The summed E-state index contributed by atoms with van der Waals surface area (Å²) in [6, 6.07) is 17.4. The Morgan fingerprint density at radius 2 is 1.42 bits per heavy atom. The van der Waals surface area contributed by atoms with Crippen LogP contribution in [0.1, 0.15) is 19.3 Å². The minimum absolute atomic E-state index is 0.788. The lowest BCUT2D eigenvalue weighted by molar-refractivity contribution is -0.905. The summed E-state index contributed by atoms with van der Waals surface area (Å²) in [5.74, 6) is 0. The highest BCUT2D eigenvalue weighted by atomic mass is 16.5. The predicted molar refractivity (Wildman–Crippen MR) is 99.7 cm³/mol. The molecule has 2 heterocycles. The van der Waals surface area contributed by atoms with E-state index in [0.29, 0.717) is 0 Å². The highest BCUT2D eigenvalue weighted by molar-refractivity contribution is 6.07. The van der Waals surface area contributed by atoms with Gasteiger partial charge in [-0.1, -0.05) is 36.4 Å². The summed E-state index contributed by atoms with van der Waals surface area (Å²) < 4.78 is 8.37. The Hall–Kier alpha value is -1.84. The van der Waals surface area contributed by atoms with E-state index in [9.17, 15) is 0 Å². The SMILES string of the molecule is c1ccc2c(c1)c1ccccc1n2CCOCC[NH+]1CCCCC1. The molecule has 24 heavy (non-hydrogen) atoms. The van der Waals surface area contributed by atoms with Gasteiger partial charge in [-0.25, -0.2) is 0 Å². The Balaban J connectivity index is 1.40. The van der Waals surface area contributed by atoms with E-state index in [1.54, 1.807) is 4.90 Å². The molecule has 0 unspecified atom stereocenters. The van der Waals surface area contributed by atoms with Crippen LogP contribution in [0.4, 0.5) is 0 Å². The molecule has 0 radical (unpaired) electrons. The Labute approximate surface area is 143 Å². The molecule has 2 aromatic carbocycles. The fourth-order valence-corrected chi connectivity index (χ4v) is 4.02. The van der Waals surface area contributed by atoms with Crippen molar-refractivity contribution < 1.29 is 9.64 Å². The first-order valence-corrected chi connectivity index (χ1v) is 9.31. The summed E-state index contributed by atoms with van der Waals surface area (Å²) in [7, 11) is 0. The van der Waals surface area contributed by atoms with Gasteiger partial charge in [0.25, 0.3) is 0 Å². The molecule has 3 aromatic rings. The van der Waals surface area contributed by atoms with Crippen LogP contribution >= 0.6 is 0 Å². The first-order valence-electron chi connectivity index (χ1n) is 9.31. The van der Waals surface area contributed by atoms with Crippen molar-refractivity contribution in [3.63, 3.8) is 0 Å². The van der Waals surface area contributed by atoms with Crippen molar-refractivity contribution in [1.29, 1.82) is 0 Å². The fourth-order valence-electron chi connectivity index (χ4n) is 4.02. The average molecular weight is 323 g/mol. The molecule has 1 aliphatic rings. The van der Waals surface area contributed by atoms with Crippen LogP contribution < -0.4 is 4.90 Å². The maximum Gasteiger partial charge on any atom is 0.101 e. The molecule has 4 rings (SSSR count). The molecule has 126 valence electrons. The number of ether oxygens (including phenoxy) is 1. The quantitative estimate of drug-likeness (QED) is 0.691. The van der Waals surface area contributed by atoms with Crippen molar-refractivity contribution in [3.05, 3.63) is 48.5 Å². The Kier molecular flexibility index (Phi) is 4.81. The maximum absolute atomic E-state index is 5.97. The largest absolute Gasteiger partial charge is 0.374 e. The van der Waals surface area contributed by atoms with E-state index in [1.807, 2.05) is 0 Å². The van der Waals surface area contributed by atoms with Gasteiger partial charge in [0.15, 0.2) is 0 Å². The van der Waals surface area contributed by atoms with Crippen molar-refractivity contribution in [3.8, 4) is 0 Å². The number of para-hydroxylation sites is 2. The number of quaternary nitrogens is 1. The second-order valence-electron chi connectivity index (χ2n) is 6.86. The third-order valence-electron chi connectivity index (χ3n) is 5.30. The van der Waals surface area contributed by atoms with E-state index in [1.165, 1.54) is 54.2 Å². The second-order valence-corrected chi connectivity index (χ2v) is 6.86. The molecule has 0 spiro atoms. The van der Waals surface area contributed by atoms with Gasteiger partial charge >= 0.3 is 0 Å². The molecular weight excluding hydrogens is 296 g/mol. The van der Waals surface area contributed by atoms with Gasteiger partial charge in [-0.2, -0.15) is 0 Å². The van der Waals surface area contributed by atoms with Crippen LogP contribution in [0.3, 0.4) is 0 Å². The third kappa shape index (κ3) is 3.19. The van der Waals surface area contributed by atoms with Gasteiger partial charge < -0.3 is 14.2 Å². The summed E-state index contributed by atoms with van der Waals surface area (Å²) >= 11 is 0. The molecule has 1 fully saturated rings. The van der Waals surface area contributed by atoms with Crippen molar-refractivity contribution in [2.45, 2.75) is 25.8 Å². The molecule has 0 saturated carbocycles. The molecule has 0 aliphatic carbocycles. The molecule has 1 aliphatic heterocycles. The number of fused-ring (bicyclic) bond motifs is 3. The molecule has 1 aromatic heterocycles. The fraction of sp³-hybridized carbons (Fsp3) is 0.429. The number of hydrogen-bond donors (Lipinski definition) is 1. The van der Waals surface area contributed by atoms with Gasteiger partial charge in [-0.3, -0.25) is 0 Å². The number of nitrogens with zero attached hydrogens (tertiary/aromatic N) is 1.